The van der Waals surface area contributed by atoms with Gasteiger partial charge in [-0.1, -0.05) is 26.0 Å². The maximum absolute atomic E-state index is 5.82. The van der Waals surface area contributed by atoms with E-state index in [9.17, 15) is 0 Å². The third kappa shape index (κ3) is 3.95. The molecule has 19 heavy (non-hydrogen) atoms. The van der Waals surface area contributed by atoms with Crippen molar-refractivity contribution in [3.05, 3.63) is 29.8 Å². The summed E-state index contributed by atoms with van der Waals surface area (Å²) in [6.45, 7) is 8.25. The van der Waals surface area contributed by atoms with Gasteiger partial charge in [0.2, 0.25) is 0 Å². The zero-order valence-electron chi connectivity index (χ0n) is 12.6. The van der Waals surface area contributed by atoms with Gasteiger partial charge in [0, 0.05) is 25.3 Å². The van der Waals surface area contributed by atoms with Crippen molar-refractivity contribution in [2.75, 3.05) is 45.2 Å². The standard InChI is InChI=1S/C16H26N2O/c1-13(2)14-5-7-15(8-6-14)18-9-10-19-16(12-18)11-17(3)4/h5-8,13,16H,9-12H2,1-4H3/t16-/m0/s1. The third-order valence-corrected chi connectivity index (χ3v) is 3.63. The Morgan fingerprint density at radius 2 is 1.95 bits per heavy atom. The quantitative estimate of drug-likeness (QED) is 0.829. The molecule has 1 aliphatic heterocycles. The van der Waals surface area contributed by atoms with Gasteiger partial charge in [0.25, 0.3) is 0 Å². The van der Waals surface area contributed by atoms with Gasteiger partial charge in [0.15, 0.2) is 0 Å². The molecule has 1 heterocycles. The topological polar surface area (TPSA) is 15.7 Å². The fourth-order valence-electron chi connectivity index (χ4n) is 2.54. The highest BCUT2D eigenvalue weighted by Gasteiger charge is 2.21. The van der Waals surface area contributed by atoms with Crippen molar-refractivity contribution in [1.29, 1.82) is 0 Å². The van der Waals surface area contributed by atoms with E-state index in [1.807, 2.05) is 0 Å². The summed E-state index contributed by atoms with van der Waals surface area (Å²) in [7, 11) is 4.19. The molecule has 1 fully saturated rings. The van der Waals surface area contributed by atoms with Crippen LogP contribution in [0.3, 0.4) is 0 Å². The van der Waals surface area contributed by atoms with Gasteiger partial charge in [-0.2, -0.15) is 0 Å². The lowest BCUT2D eigenvalue weighted by Gasteiger charge is -2.35. The van der Waals surface area contributed by atoms with Crippen molar-refractivity contribution in [3.8, 4) is 0 Å². The van der Waals surface area contributed by atoms with Crippen LogP contribution in [0.4, 0.5) is 5.69 Å². The summed E-state index contributed by atoms with van der Waals surface area (Å²) in [5, 5.41) is 0. The van der Waals surface area contributed by atoms with E-state index in [1.54, 1.807) is 0 Å². The number of benzene rings is 1. The van der Waals surface area contributed by atoms with Crippen LogP contribution in [-0.4, -0.2) is 51.3 Å². The Kier molecular flexibility index (Phi) is 4.83. The van der Waals surface area contributed by atoms with E-state index in [4.69, 9.17) is 4.74 Å². The second-order valence-corrected chi connectivity index (χ2v) is 5.95. The molecule has 1 aromatic rings. The van der Waals surface area contributed by atoms with Gasteiger partial charge in [-0.25, -0.2) is 0 Å². The first-order valence-electron chi connectivity index (χ1n) is 7.17. The van der Waals surface area contributed by atoms with Crippen LogP contribution in [0.2, 0.25) is 0 Å². The molecule has 0 aliphatic carbocycles. The molecule has 0 unspecified atom stereocenters. The molecule has 0 amide bonds. The number of morpholine rings is 1. The number of hydrogen-bond donors (Lipinski definition) is 0. The largest absolute Gasteiger partial charge is 0.373 e. The molecular weight excluding hydrogens is 236 g/mol. The van der Waals surface area contributed by atoms with Gasteiger partial charge >= 0.3 is 0 Å². The van der Waals surface area contributed by atoms with E-state index >= 15 is 0 Å². The van der Waals surface area contributed by atoms with Crippen LogP contribution in [0.25, 0.3) is 0 Å². The number of ether oxygens (including phenoxy) is 1. The average Bonchev–Trinajstić information content (AvgIpc) is 2.38. The molecule has 0 aromatic heterocycles. The van der Waals surface area contributed by atoms with Crippen molar-refractivity contribution >= 4 is 5.69 Å². The summed E-state index contributed by atoms with van der Waals surface area (Å²) in [4.78, 5) is 4.62. The summed E-state index contributed by atoms with van der Waals surface area (Å²) < 4.78 is 5.82. The molecule has 3 heteroatoms. The predicted octanol–water partition coefficient (Wildman–Crippen LogP) is 2.58. The predicted molar refractivity (Wildman–Crippen MR) is 81.0 cm³/mol. The van der Waals surface area contributed by atoms with E-state index in [0.29, 0.717) is 12.0 Å². The summed E-state index contributed by atoms with van der Waals surface area (Å²) in [6, 6.07) is 8.98. The highest BCUT2D eigenvalue weighted by Crippen LogP contribution is 2.22. The van der Waals surface area contributed by atoms with Crippen molar-refractivity contribution in [3.63, 3.8) is 0 Å². The maximum atomic E-state index is 5.82. The molecule has 3 nitrogen and oxygen atoms in total. The SMILES string of the molecule is CC(C)c1ccc(N2CCO[C@@H](CN(C)C)C2)cc1. The van der Waals surface area contributed by atoms with Crippen molar-refractivity contribution < 1.29 is 4.74 Å². The first-order chi connectivity index (χ1) is 9.06. The van der Waals surface area contributed by atoms with Crippen LogP contribution in [0, 0.1) is 0 Å². The van der Waals surface area contributed by atoms with Gasteiger partial charge < -0.3 is 14.5 Å². The van der Waals surface area contributed by atoms with E-state index in [0.717, 1.165) is 26.2 Å². The lowest BCUT2D eigenvalue weighted by Crippen LogP contribution is -2.46. The maximum Gasteiger partial charge on any atom is 0.0877 e. The van der Waals surface area contributed by atoms with Gasteiger partial charge in [0.1, 0.15) is 0 Å². The fraction of sp³-hybridized carbons (Fsp3) is 0.625. The fourth-order valence-corrected chi connectivity index (χ4v) is 2.54. The first-order valence-corrected chi connectivity index (χ1v) is 7.17. The van der Waals surface area contributed by atoms with Crippen molar-refractivity contribution in [1.82, 2.24) is 4.90 Å². The second-order valence-electron chi connectivity index (χ2n) is 5.95. The van der Waals surface area contributed by atoms with Crippen LogP contribution < -0.4 is 4.90 Å². The Hall–Kier alpha value is -1.06. The zero-order valence-corrected chi connectivity index (χ0v) is 12.6. The molecule has 1 aromatic carbocycles. The zero-order chi connectivity index (χ0) is 13.8. The Morgan fingerprint density at radius 1 is 1.26 bits per heavy atom. The van der Waals surface area contributed by atoms with E-state index in [-0.39, 0.29) is 0 Å². The van der Waals surface area contributed by atoms with E-state index < -0.39 is 0 Å². The molecule has 0 bridgehead atoms. The molecule has 0 spiro atoms. The van der Waals surface area contributed by atoms with Crippen LogP contribution in [-0.2, 0) is 4.74 Å². The molecule has 0 radical (unpaired) electrons. The smallest absolute Gasteiger partial charge is 0.0877 e. The molecule has 1 aliphatic rings. The number of likely N-dealkylation sites (N-methyl/N-ethyl adjacent to an activating group) is 1. The highest BCUT2D eigenvalue weighted by molar-refractivity contribution is 5.48. The number of anilines is 1. The average molecular weight is 262 g/mol. The monoisotopic (exact) mass is 262 g/mol. The number of rotatable bonds is 4. The summed E-state index contributed by atoms with van der Waals surface area (Å²) in [6.07, 6.45) is 0.313. The van der Waals surface area contributed by atoms with Crippen LogP contribution in [0.5, 0.6) is 0 Å². The molecule has 1 saturated heterocycles. The summed E-state index contributed by atoms with van der Waals surface area (Å²) >= 11 is 0. The Labute approximate surface area is 117 Å². The second kappa shape index (κ2) is 6.40. The summed E-state index contributed by atoms with van der Waals surface area (Å²) in [5.41, 5.74) is 2.72. The first kappa shape index (κ1) is 14.4. The lowest BCUT2D eigenvalue weighted by molar-refractivity contribution is 0.0248. The van der Waals surface area contributed by atoms with E-state index in [2.05, 4.69) is 62.0 Å². The van der Waals surface area contributed by atoms with Gasteiger partial charge in [-0.15, -0.1) is 0 Å². The Balaban J connectivity index is 2.00. The Bertz CT molecular complexity index is 386. The Morgan fingerprint density at radius 3 is 2.53 bits per heavy atom. The van der Waals surface area contributed by atoms with Crippen LogP contribution in [0.15, 0.2) is 24.3 Å². The minimum Gasteiger partial charge on any atom is -0.373 e. The minimum atomic E-state index is 0.313. The molecule has 0 saturated carbocycles. The minimum absolute atomic E-state index is 0.313. The number of nitrogens with zero attached hydrogens (tertiary/aromatic N) is 2. The molecule has 0 N–H and O–H groups in total. The third-order valence-electron chi connectivity index (χ3n) is 3.63. The highest BCUT2D eigenvalue weighted by atomic mass is 16.5. The van der Waals surface area contributed by atoms with Crippen LogP contribution in [0.1, 0.15) is 25.3 Å². The molecule has 1 atom stereocenters. The van der Waals surface area contributed by atoms with Gasteiger partial charge in [-0.05, 0) is 37.7 Å². The normalized spacial score (nSPS) is 20.3. The van der Waals surface area contributed by atoms with Crippen molar-refractivity contribution in [2.24, 2.45) is 0 Å². The molecule has 106 valence electrons. The van der Waals surface area contributed by atoms with E-state index in [1.165, 1.54) is 11.3 Å². The number of hydrogen-bond acceptors (Lipinski definition) is 3. The molecule has 2 rings (SSSR count). The lowest BCUT2D eigenvalue weighted by atomic mass is 10.0. The van der Waals surface area contributed by atoms with Crippen LogP contribution >= 0.6 is 0 Å². The summed E-state index contributed by atoms with van der Waals surface area (Å²) in [5.74, 6) is 0.597. The van der Waals surface area contributed by atoms with Gasteiger partial charge in [0.05, 0.1) is 12.7 Å². The molecular formula is C16H26N2O. The van der Waals surface area contributed by atoms with Crippen molar-refractivity contribution in [2.45, 2.75) is 25.9 Å². The van der Waals surface area contributed by atoms with Gasteiger partial charge in [-0.3, -0.25) is 0 Å².